The number of amides is 1. The van der Waals surface area contributed by atoms with E-state index in [2.05, 4.69) is 0 Å². The topological polar surface area (TPSA) is 84.9 Å². The number of methoxy groups -OCH3 is 6. The van der Waals surface area contributed by atoms with Crippen LogP contribution in [0.3, 0.4) is 0 Å². The first-order valence-corrected chi connectivity index (χ1v) is 11.2. The van der Waals surface area contributed by atoms with E-state index < -0.39 is 12.1 Å². The van der Waals surface area contributed by atoms with Crippen molar-refractivity contribution in [2.45, 2.75) is 12.1 Å². The molecule has 1 amide bonds. The average Bonchev–Trinajstić information content (AvgIpc) is 2.93. The summed E-state index contributed by atoms with van der Waals surface area (Å²) >= 11 is 0. The minimum Gasteiger partial charge on any atom is -0.493 e. The summed E-state index contributed by atoms with van der Waals surface area (Å²) in [7, 11) is 9.20. The number of benzene rings is 3. The lowest BCUT2D eigenvalue weighted by Crippen LogP contribution is -2.61. The Labute approximate surface area is 210 Å². The molecule has 1 aliphatic rings. The normalized spacial score (nSPS) is 16.6. The fourth-order valence-electron chi connectivity index (χ4n) is 4.31. The second kappa shape index (κ2) is 10.6. The van der Waals surface area contributed by atoms with Gasteiger partial charge in [-0.3, -0.25) is 9.69 Å². The van der Waals surface area contributed by atoms with Gasteiger partial charge < -0.3 is 33.2 Å². The molecule has 3 aromatic rings. The number of para-hydroxylation sites is 1. The Balaban J connectivity index is 1.85. The third kappa shape index (κ3) is 4.28. The lowest BCUT2D eigenvalue weighted by atomic mass is 9.89. The number of carbonyl (C=O) groups is 1. The number of carbonyl (C=O) groups excluding carboxylic acids is 1. The van der Waals surface area contributed by atoms with Crippen LogP contribution in [0.1, 0.15) is 11.6 Å². The summed E-state index contributed by atoms with van der Waals surface area (Å²) in [6.45, 7) is 0. The lowest BCUT2D eigenvalue weighted by Gasteiger charge is -2.47. The van der Waals surface area contributed by atoms with Crippen molar-refractivity contribution in [2.75, 3.05) is 47.6 Å². The van der Waals surface area contributed by atoms with Crippen molar-refractivity contribution in [3.8, 4) is 40.2 Å². The van der Waals surface area contributed by atoms with Gasteiger partial charge >= 0.3 is 0 Å². The second-order valence-electron chi connectivity index (χ2n) is 7.85. The van der Waals surface area contributed by atoms with Crippen LogP contribution >= 0.6 is 0 Å². The van der Waals surface area contributed by atoms with Crippen LogP contribution in [0.4, 0.5) is 5.69 Å². The summed E-state index contributed by atoms with van der Waals surface area (Å²) < 4.78 is 39.2. The van der Waals surface area contributed by atoms with Crippen molar-refractivity contribution >= 4 is 11.6 Å². The maximum Gasteiger partial charge on any atom is 0.271 e. The molecular formula is C27H29NO8. The van der Waals surface area contributed by atoms with Crippen LogP contribution in [0.25, 0.3) is 0 Å². The highest BCUT2D eigenvalue weighted by molar-refractivity contribution is 6.06. The zero-order valence-corrected chi connectivity index (χ0v) is 21.1. The monoisotopic (exact) mass is 495 g/mol. The second-order valence-corrected chi connectivity index (χ2v) is 7.85. The molecule has 0 radical (unpaired) electrons. The molecule has 1 heterocycles. The van der Waals surface area contributed by atoms with Gasteiger partial charge in [-0.25, -0.2) is 0 Å². The van der Waals surface area contributed by atoms with E-state index in [4.69, 9.17) is 33.2 Å². The summed E-state index contributed by atoms with van der Waals surface area (Å²) in [5, 5.41) is 0. The molecule has 1 aliphatic heterocycles. The molecule has 9 nitrogen and oxygen atoms in total. The molecule has 0 bridgehead atoms. The largest absolute Gasteiger partial charge is 0.493 e. The summed E-state index contributed by atoms with van der Waals surface area (Å²) in [4.78, 5) is 15.2. The molecular weight excluding hydrogens is 466 g/mol. The molecule has 2 atom stereocenters. The summed E-state index contributed by atoms with van der Waals surface area (Å²) in [5.74, 6) is 3.02. The Morgan fingerprint density at radius 2 is 1.11 bits per heavy atom. The maximum absolute atomic E-state index is 13.5. The molecule has 4 rings (SSSR count). The van der Waals surface area contributed by atoms with Gasteiger partial charge in [0.1, 0.15) is 11.8 Å². The summed E-state index contributed by atoms with van der Waals surface area (Å²) in [6, 6.07) is 15.8. The number of β-lactam (4-membered cyclic amide) rings is 1. The van der Waals surface area contributed by atoms with Crippen LogP contribution in [0.5, 0.6) is 40.2 Å². The number of hydrogen-bond donors (Lipinski definition) is 0. The first kappa shape index (κ1) is 24.8. The van der Waals surface area contributed by atoms with Crippen molar-refractivity contribution < 1.29 is 38.0 Å². The van der Waals surface area contributed by atoms with E-state index in [0.29, 0.717) is 45.9 Å². The van der Waals surface area contributed by atoms with Crippen molar-refractivity contribution in [3.05, 3.63) is 60.2 Å². The van der Waals surface area contributed by atoms with Crippen LogP contribution in [-0.4, -0.2) is 54.7 Å². The van der Waals surface area contributed by atoms with Crippen molar-refractivity contribution in [2.24, 2.45) is 0 Å². The molecule has 3 aromatic carbocycles. The van der Waals surface area contributed by atoms with Crippen LogP contribution in [-0.2, 0) is 4.79 Å². The molecule has 0 aromatic heterocycles. The van der Waals surface area contributed by atoms with E-state index >= 15 is 0 Å². The predicted molar refractivity (Wildman–Crippen MR) is 133 cm³/mol. The number of nitrogens with zero attached hydrogens (tertiary/aromatic N) is 1. The average molecular weight is 496 g/mol. The lowest BCUT2D eigenvalue weighted by molar-refractivity contribution is -0.135. The van der Waals surface area contributed by atoms with Gasteiger partial charge in [0.2, 0.25) is 17.6 Å². The first-order valence-electron chi connectivity index (χ1n) is 11.2. The van der Waals surface area contributed by atoms with Gasteiger partial charge in [-0.05, 0) is 29.8 Å². The van der Waals surface area contributed by atoms with Crippen LogP contribution in [0, 0.1) is 0 Å². The Morgan fingerprint density at radius 1 is 0.639 bits per heavy atom. The quantitative estimate of drug-likeness (QED) is 0.386. The van der Waals surface area contributed by atoms with Gasteiger partial charge in [-0.2, -0.15) is 0 Å². The summed E-state index contributed by atoms with van der Waals surface area (Å²) in [6.07, 6.45) is -0.797. The number of hydrogen-bond acceptors (Lipinski definition) is 8. The molecule has 1 fully saturated rings. The minimum absolute atomic E-state index is 0.230. The zero-order valence-electron chi connectivity index (χ0n) is 21.1. The molecule has 190 valence electrons. The van der Waals surface area contributed by atoms with Crippen LogP contribution in [0.2, 0.25) is 0 Å². The fraction of sp³-hybridized carbons (Fsp3) is 0.296. The Bertz CT molecular complexity index is 1180. The highest BCUT2D eigenvalue weighted by atomic mass is 16.5. The Hall–Kier alpha value is -4.27. The standard InChI is InChI=1S/C27H29NO8/c1-30-19-12-16(13-20(31-2)24(19)34-5)23-26(36-18-10-8-7-9-11-18)27(29)28(23)17-14-21(32-3)25(35-6)22(15-17)33-4/h7-15,23,26H,1-6H3/t23-,26+/m1/s1. The SMILES string of the molecule is COc1cc([C@@H]2[C@H](Oc3ccccc3)C(=O)N2c2cc(OC)c(OC)c(OC)c2)cc(OC)c1OC. The molecule has 36 heavy (non-hydrogen) atoms. The van der Waals surface area contributed by atoms with Gasteiger partial charge in [0.15, 0.2) is 23.0 Å². The van der Waals surface area contributed by atoms with Gasteiger partial charge in [0, 0.05) is 12.1 Å². The number of ether oxygens (including phenoxy) is 7. The van der Waals surface area contributed by atoms with E-state index in [-0.39, 0.29) is 5.91 Å². The third-order valence-corrected chi connectivity index (χ3v) is 6.01. The zero-order chi connectivity index (χ0) is 25.8. The highest BCUT2D eigenvalue weighted by Gasteiger charge is 2.52. The van der Waals surface area contributed by atoms with E-state index in [9.17, 15) is 4.79 Å². The molecule has 0 unspecified atom stereocenters. The minimum atomic E-state index is -0.797. The molecule has 1 saturated heterocycles. The first-order chi connectivity index (χ1) is 17.5. The molecule has 9 heteroatoms. The van der Waals surface area contributed by atoms with E-state index in [1.54, 1.807) is 31.3 Å². The maximum atomic E-state index is 13.5. The van der Waals surface area contributed by atoms with E-state index in [0.717, 1.165) is 5.56 Å². The van der Waals surface area contributed by atoms with Crippen LogP contribution < -0.4 is 38.1 Å². The van der Waals surface area contributed by atoms with Gasteiger partial charge in [-0.1, -0.05) is 18.2 Å². The van der Waals surface area contributed by atoms with Gasteiger partial charge in [0.05, 0.1) is 48.3 Å². The van der Waals surface area contributed by atoms with Gasteiger partial charge in [0.25, 0.3) is 5.91 Å². The summed E-state index contributed by atoms with van der Waals surface area (Å²) in [5.41, 5.74) is 1.29. The molecule has 0 N–H and O–H groups in total. The van der Waals surface area contributed by atoms with E-state index in [1.165, 1.54) is 28.4 Å². The molecule has 0 saturated carbocycles. The van der Waals surface area contributed by atoms with Gasteiger partial charge in [-0.15, -0.1) is 0 Å². The fourth-order valence-corrected chi connectivity index (χ4v) is 4.31. The number of rotatable bonds is 10. The highest BCUT2D eigenvalue weighted by Crippen LogP contribution is 2.49. The van der Waals surface area contributed by atoms with Crippen LogP contribution in [0.15, 0.2) is 54.6 Å². The molecule has 0 aliphatic carbocycles. The predicted octanol–water partition coefficient (Wildman–Crippen LogP) is 4.27. The third-order valence-electron chi connectivity index (χ3n) is 6.01. The van der Waals surface area contributed by atoms with Crippen molar-refractivity contribution in [1.29, 1.82) is 0 Å². The smallest absolute Gasteiger partial charge is 0.271 e. The Morgan fingerprint density at radius 3 is 1.56 bits per heavy atom. The molecule has 0 spiro atoms. The van der Waals surface area contributed by atoms with Crippen molar-refractivity contribution in [1.82, 2.24) is 0 Å². The number of anilines is 1. The van der Waals surface area contributed by atoms with Crippen molar-refractivity contribution in [3.63, 3.8) is 0 Å². The van der Waals surface area contributed by atoms with E-state index in [1.807, 2.05) is 42.5 Å². The Kier molecular flexibility index (Phi) is 7.28.